The topological polar surface area (TPSA) is 65.4 Å². The van der Waals surface area contributed by atoms with Crippen molar-refractivity contribution in [2.24, 2.45) is 0 Å². The number of rotatable bonds is 2. The van der Waals surface area contributed by atoms with Gasteiger partial charge in [0.2, 0.25) is 0 Å². The molecule has 2 aromatic rings. The maximum Gasteiger partial charge on any atom is 0.258 e. The second-order valence-corrected chi connectivity index (χ2v) is 6.32. The number of amides is 1. The first-order valence-electron chi connectivity index (χ1n) is 7.99. The molecule has 0 radical (unpaired) electrons. The van der Waals surface area contributed by atoms with Crippen molar-refractivity contribution in [3.63, 3.8) is 0 Å². The Bertz CT molecular complexity index is 825. The van der Waals surface area contributed by atoms with Gasteiger partial charge in [-0.3, -0.25) is 9.69 Å². The zero-order valence-corrected chi connectivity index (χ0v) is 13.2. The predicted octanol–water partition coefficient (Wildman–Crippen LogP) is 2.28. The summed E-state index contributed by atoms with van der Waals surface area (Å²) in [5.41, 5.74) is 1.76. The number of nitrogens with one attached hydrogen (secondary N) is 1. The van der Waals surface area contributed by atoms with E-state index in [1.54, 1.807) is 6.07 Å². The van der Waals surface area contributed by atoms with Gasteiger partial charge in [-0.05, 0) is 29.8 Å². The van der Waals surface area contributed by atoms with Crippen LogP contribution < -0.4 is 10.1 Å². The van der Waals surface area contributed by atoms with E-state index in [0.29, 0.717) is 23.4 Å². The normalized spacial score (nSPS) is 22.5. The third-order valence-corrected chi connectivity index (χ3v) is 4.58. The molecular formula is C19H17N3O2. The number of hydrogen-bond acceptors (Lipinski definition) is 4. The van der Waals surface area contributed by atoms with Gasteiger partial charge in [0.15, 0.2) is 5.72 Å². The van der Waals surface area contributed by atoms with Crippen LogP contribution in [0.4, 0.5) is 0 Å². The zero-order chi connectivity index (χ0) is 16.6. The molecule has 1 unspecified atom stereocenters. The first kappa shape index (κ1) is 14.7. The van der Waals surface area contributed by atoms with Crippen molar-refractivity contribution >= 4 is 5.91 Å². The monoisotopic (exact) mass is 319 g/mol. The second-order valence-electron chi connectivity index (χ2n) is 6.32. The number of nitriles is 1. The van der Waals surface area contributed by atoms with E-state index in [2.05, 4.69) is 16.3 Å². The summed E-state index contributed by atoms with van der Waals surface area (Å²) in [7, 11) is 0. The van der Waals surface area contributed by atoms with Crippen molar-refractivity contribution in [2.45, 2.75) is 18.7 Å². The van der Waals surface area contributed by atoms with Gasteiger partial charge < -0.3 is 10.1 Å². The molecule has 2 heterocycles. The largest absolute Gasteiger partial charge is 0.466 e. The van der Waals surface area contributed by atoms with E-state index in [4.69, 9.17) is 10.00 Å². The number of ether oxygens (including phenoxy) is 1. The summed E-state index contributed by atoms with van der Waals surface area (Å²) in [4.78, 5) is 14.6. The Balaban J connectivity index is 1.48. The van der Waals surface area contributed by atoms with Crippen LogP contribution in [0.3, 0.4) is 0 Å². The van der Waals surface area contributed by atoms with Crippen LogP contribution in [-0.4, -0.2) is 29.6 Å². The van der Waals surface area contributed by atoms with Crippen molar-refractivity contribution in [1.82, 2.24) is 10.2 Å². The number of hydrogen-bond donors (Lipinski definition) is 1. The smallest absolute Gasteiger partial charge is 0.258 e. The maximum absolute atomic E-state index is 12.3. The number of para-hydroxylation sites is 1. The number of likely N-dealkylation sites (tertiary alicyclic amines) is 1. The molecule has 5 heteroatoms. The van der Waals surface area contributed by atoms with E-state index in [9.17, 15) is 4.79 Å². The Labute approximate surface area is 140 Å². The van der Waals surface area contributed by atoms with Gasteiger partial charge in [-0.2, -0.15) is 5.26 Å². The fourth-order valence-electron chi connectivity index (χ4n) is 3.37. The molecule has 1 spiro atoms. The van der Waals surface area contributed by atoms with E-state index in [0.717, 1.165) is 25.1 Å². The average Bonchev–Trinajstić information content (AvgIpc) is 2.97. The lowest BCUT2D eigenvalue weighted by Gasteiger charge is -2.36. The molecule has 0 aromatic heterocycles. The average molecular weight is 319 g/mol. The predicted molar refractivity (Wildman–Crippen MR) is 88.3 cm³/mol. The zero-order valence-electron chi connectivity index (χ0n) is 13.2. The lowest BCUT2D eigenvalue weighted by atomic mass is 10.1. The van der Waals surface area contributed by atoms with Crippen LogP contribution in [0.5, 0.6) is 5.75 Å². The molecule has 1 saturated heterocycles. The molecular weight excluding hydrogens is 302 g/mol. The fourth-order valence-corrected chi connectivity index (χ4v) is 3.37. The summed E-state index contributed by atoms with van der Waals surface area (Å²) in [6, 6.07) is 17.1. The molecule has 24 heavy (non-hydrogen) atoms. The van der Waals surface area contributed by atoms with Crippen molar-refractivity contribution < 1.29 is 9.53 Å². The number of carbonyl (C=O) groups is 1. The van der Waals surface area contributed by atoms with Gasteiger partial charge in [0.1, 0.15) is 5.75 Å². The SMILES string of the molecule is N#Cc1ccc(CN2CCC3(C2)NC(=O)c2ccccc2O3)cc1. The number of benzene rings is 2. The molecule has 4 rings (SSSR count). The van der Waals surface area contributed by atoms with Gasteiger partial charge >= 0.3 is 0 Å². The van der Waals surface area contributed by atoms with Crippen molar-refractivity contribution in [2.75, 3.05) is 13.1 Å². The first-order chi connectivity index (χ1) is 11.7. The van der Waals surface area contributed by atoms with Crippen molar-refractivity contribution in [3.05, 3.63) is 65.2 Å². The molecule has 0 bridgehead atoms. The standard InChI is InChI=1S/C19H17N3O2/c20-11-14-5-7-15(8-6-14)12-22-10-9-19(13-22)21-18(23)16-3-1-2-4-17(16)24-19/h1-8H,9-10,12-13H2,(H,21,23). The Morgan fingerprint density at radius 1 is 1.21 bits per heavy atom. The summed E-state index contributed by atoms with van der Waals surface area (Å²) >= 11 is 0. The van der Waals surface area contributed by atoms with Crippen LogP contribution in [0.25, 0.3) is 0 Å². The highest BCUT2D eigenvalue weighted by molar-refractivity contribution is 5.98. The Morgan fingerprint density at radius 2 is 2.00 bits per heavy atom. The van der Waals surface area contributed by atoms with E-state index in [1.807, 2.05) is 42.5 Å². The van der Waals surface area contributed by atoms with Crippen LogP contribution in [0.15, 0.2) is 48.5 Å². The third kappa shape index (κ3) is 2.61. The van der Waals surface area contributed by atoms with E-state index < -0.39 is 5.72 Å². The number of nitrogens with zero attached hydrogens (tertiary/aromatic N) is 2. The van der Waals surface area contributed by atoms with E-state index in [-0.39, 0.29) is 5.91 Å². The summed E-state index contributed by atoms with van der Waals surface area (Å²) in [5, 5.41) is 11.9. The highest BCUT2D eigenvalue weighted by Gasteiger charge is 2.45. The van der Waals surface area contributed by atoms with Gasteiger partial charge in [-0.25, -0.2) is 0 Å². The van der Waals surface area contributed by atoms with Gasteiger partial charge in [0.25, 0.3) is 5.91 Å². The molecule has 2 aliphatic rings. The summed E-state index contributed by atoms with van der Waals surface area (Å²) in [6.45, 7) is 2.27. The molecule has 2 aliphatic heterocycles. The minimum Gasteiger partial charge on any atom is -0.466 e. The molecule has 1 atom stereocenters. The molecule has 5 nitrogen and oxygen atoms in total. The van der Waals surface area contributed by atoms with Crippen molar-refractivity contribution in [3.8, 4) is 11.8 Å². The van der Waals surface area contributed by atoms with Crippen LogP contribution in [0, 0.1) is 11.3 Å². The van der Waals surface area contributed by atoms with Crippen LogP contribution in [-0.2, 0) is 6.54 Å². The summed E-state index contributed by atoms with van der Waals surface area (Å²) in [5.74, 6) is 0.582. The molecule has 2 aromatic carbocycles. The summed E-state index contributed by atoms with van der Waals surface area (Å²) in [6.07, 6.45) is 0.753. The third-order valence-electron chi connectivity index (χ3n) is 4.58. The van der Waals surface area contributed by atoms with Gasteiger partial charge in [0.05, 0.1) is 23.7 Å². The Morgan fingerprint density at radius 3 is 2.79 bits per heavy atom. The van der Waals surface area contributed by atoms with Gasteiger partial charge in [-0.15, -0.1) is 0 Å². The number of fused-ring (bicyclic) bond motifs is 1. The van der Waals surface area contributed by atoms with Gasteiger partial charge in [-0.1, -0.05) is 24.3 Å². The minimum absolute atomic E-state index is 0.0722. The van der Waals surface area contributed by atoms with Crippen LogP contribution in [0.1, 0.15) is 27.9 Å². The highest BCUT2D eigenvalue weighted by Crippen LogP contribution is 2.33. The second kappa shape index (κ2) is 5.66. The molecule has 0 aliphatic carbocycles. The van der Waals surface area contributed by atoms with E-state index >= 15 is 0 Å². The Hall–Kier alpha value is -2.84. The molecule has 1 fully saturated rings. The minimum atomic E-state index is -0.641. The molecule has 120 valence electrons. The molecule has 0 saturated carbocycles. The quantitative estimate of drug-likeness (QED) is 0.922. The lowest BCUT2D eigenvalue weighted by Crippen LogP contribution is -2.57. The number of carbonyl (C=O) groups excluding carboxylic acids is 1. The fraction of sp³-hybridized carbons (Fsp3) is 0.263. The highest BCUT2D eigenvalue weighted by atomic mass is 16.5. The van der Waals surface area contributed by atoms with Crippen molar-refractivity contribution in [1.29, 1.82) is 5.26 Å². The van der Waals surface area contributed by atoms with Gasteiger partial charge in [0, 0.05) is 19.5 Å². The van der Waals surface area contributed by atoms with E-state index in [1.165, 1.54) is 0 Å². The van der Waals surface area contributed by atoms with Crippen LogP contribution in [0.2, 0.25) is 0 Å². The maximum atomic E-state index is 12.3. The first-order valence-corrected chi connectivity index (χ1v) is 7.99. The Kier molecular flexibility index (Phi) is 3.47. The molecule has 1 N–H and O–H groups in total. The summed E-state index contributed by atoms with van der Waals surface area (Å²) < 4.78 is 6.14. The molecule has 1 amide bonds. The van der Waals surface area contributed by atoms with Crippen LogP contribution >= 0.6 is 0 Å². The lowest BCUT2D eigenvalue weighted by molar-refractivity contribution is 0.0246.